The van der Waals surface area contributed by atoms with Crippen LogP contribution in [0.3, 0.4) is 0 Å². The molecule has 2 rings (SSSR count). The van der Waals surface area contributed by atoms with Gasteiger partial charge in [0.25, 0.3) is 0 Å². The Bertz CT molecular complexity index is 545. The summed E-state index contributed by atoms with van der Waals surface area (Å²) < 4.78 is 5.22. The van der Waals surface area contributed by atoms with E-state index in [2.05, 4.69) is 48.1 Å². The molecule has 25 heavy (non-hydrogen) atoms. The lowest BCUT2D eigenvalue weighted by atomic mass is 9.85. The van der Waals surface area contributed by atoms with Crippen molar-refractivity contribution in [2.45, 2.75) is 45.1 Å². The first-order valence-electron chi connectivity index (χ1n) is 8.88. The number of benzene rings is 1. The van der Waals surface area contributed by atoms with E-state index in [0.717, 1.165) is 18.8 Å². The summed E-state index contributed by atoms with van der Waals surface area (Å²) in [5.74, 6) is 1.41. The lowest BCUT2D eigenvalue weighted by molar-refractivity contribution is 0.267. The van der Waals surface area contributed by atoms with Gasteiger partial charge in [-0.15, -0.1) is 24.0 Å². The van der Waals surface area contributed by atoms with Gasteiger partial charge < -0.3 is 15.8 Å². The number of nitrogens with zero attached hydrogens (tertiary/aromatic N) is 2. The van der Waals surface area contributed by atoms with Gasteiger partial charge in [-0.1, -0.05) is 32.9 Å². The van der Waals surface area contributed by atoms with Crippen LogP contribution in [-0.4, -0.2) is 50.2 Å². The highest BCUT2D eigenvalue weighted by molar-refractivity contribution is 14.0. The Morgan fingerprint density at radius 1 is 1.36 bits per heavy atom. The molecule has 1 unspecified atom stereocenters. The van der Waals surface area contributed by atoms with E-state index in [-0.39, 0.29) is 29.4 Å². The van der Waals surface area contributed by atoms with Crippen LogP contribution in [0.1, 0.15) is 39.2 Å². The lowest BCUT2D eigenvalue weighted by Gasteiger charge is -2.25. The van der Waals surface area contributed by atoms with Crippen LogP contribution in [-0.2, 0) is 5.41 Å². The number of ether oxygens (including phenoxy) is 1. The summed E-state index contributed by atoms with van der Waals surface area (Å²) in [6, 6.07) is 8.74. The minimum absolute atomic E-state index is 0. The van der Waals surface area contributed by atoms with Gasteiger partial charge in [-0.3, -0.25) is 9.89 Å². The second kappa shape index (κ2) is 10.2. The maximum atomic E-state index is 6.07. The fourth-order valence-electron chi connectivity index (χ4n) is 3.24. The van der Waals surface area contributed by atoms with Crippen molar-refractivity contribution in [3.8, 4) is 5.75 Å². The van der Waals surface area contributed by atoms with Crippen LogP contribution in [0.2, 0.25) is 0 Å². The Balaban J connectivity index is 0.00000312. The number of likely N-dealkylation sites (N-methyl/N-ethyl adjacent to an activating group) is 1. The summed E-state index contributed by atoms with van der Waals surface area (Å²) in [6.45, 7) is 10.4. The fourth-order valence-corrected chi connectivity index (χ4v) is 3.24. The predicted molar refractivity (Wildman–Crippen MR) is 116 cm³/mol. The van der Waals surface area contributed by atoms with E-state index in [1.54, 1.807) is 7.11 Å². The molecule has 1 heterocycles. The molecule has 0 amide bonds. The van der Waals surface area contributed by atoms with E-state index in [1.165, 1.54) is 24.9 Å². The van der Waals surface area contributed by atoms with Crippen LogP contribution in [0.15, 0.2) is 29.3 Å². The van der Waals surface area contributed by atoms with Crippen LogP contribution >= 0.6 is 24.0 Å². The van der Waals surface area contributed by atoms with E-state index in [0.29, 0.717) is 18.5 Å². The predicted octanol–water partition coefficient (Wildman–Crippen LogP) is 2.98. The smallest absolute Gasteiger partial charge is 0.188 e. The van der Waals surface area contributed by atoms with Gasteiger partial charge in [0.05, 0.1) is 13.7 Å². The second-order valence-corrected chi connectivity index (χ2v) is 7.12. The number of methoxy groups -OCH3 is 1. The topological polar surface area (TPSA) is 62.9 Å². The van der Waals surface area contributed by atoms with Gasteiger partial charge in [0.2, 0.25) is 0 Å². The summed E-state index contributed by atoms with van der Waals surface area (Å²) in [6.07, 6.45) is 2.52. The van der Waals surface area contributed by atoms with Gasteiger partial charge >= 0.3 is 0 Å². The monoisotopic (exact) mass is 460 g/mol. The third kappa shape index (κ3) is 6.33. The Labute approximate surface area is 169 Å². The Morgan fingerprint density at radius 3 is 2.64 bits per heavy atom. The van der Waals surface area contributed by atoms with E-state index < -0.39 is 0 Å². The van der Waals surface area contributed by atoms with Crippen molar-refractivity contribution in [3.05, 3.63) is 29.8 Å². The number of guanidine groups is 1. The van der Waals surface area contributed by atoms with E-state index in [9.17, 15) is 0 Å². The average Bonchev–Trinajstić information content (AvgIpc) is 3.06. The molecule has 6 heteroatoms. The average molecular weight is 460 g/mol. The molecule has 0 radical (unpaired) electrons. The first kappa shape index (κ1) is 22.0. The van der Waals surface area contributed by atoms with Crippen molar-refractivity contribution >= 4 is 29.9 Å². The highest BCUT2D eigenvalue weighted by atomic mass is 127. The Hall–Kier alpha value is -1.02. The lowest BCUT2D eigenvalue weighted by Crippen LogP contribution is -2.43. The molecule has 0 aliphatic carbocycles. The molecule has 1 fully saturated rings. The van der Waals surface area contributed by atoms with E-state index >= 15 is 0 Å². The molecule has 5 nitrogen and oxygen atoms in total. The molecule has 0 bridgehead atoms. The number of rotatable bonds is 7. The zero-order valence-electron chi connectivity index (χ0n) is 15.9. The minimum Gasteiger partial charge on any atom is -0.497 e. The number of hydrogen-bond acceptors (Lipinski definition) is 3. The highest BCUT2D eigenvalue weighted by Crippen LogP contribution is 2.25. The molecule has 1 aliphatic rings. The fraction of sp³-hybridized carbons (Fsp3) is 0.632. The molecule has 1 aromatic carbocycles. The number of halogens is 1. The standard InChI is InChI=1S/C19H32N4O.HI/c1-5-23-12-6-7-16(23)13-21-18(20)22-14-19(2,3)15-8-10-17(24-4)11-9-15;/h8-11,16H,5-7,12-14H2,1-4H3,(H3,20,21,22);1H. The molecule has 1 saturated heterocycles. The molecule has 3 N–H and O–H groups in total. The summed E-state index contributed by atoms with van der Waals surface area (Å²) in [5, 5.41) is 3.30. The van der Waals surface area contributed by atoms with Gasteiger partial charge in [0.15, 0.2) is 5.96 Å². The number of aliphatic imine (C=N–C) groups is 1. The van der Waals surface area contributed by atoms with Crippen molar-refractivity contribution in [2.75, 3.05) is 33.3 Å². The molecule has 0 saturated carbocycles. The van der Waals surface area contributed by atoms with Gasteiger partial charge in [0.1, 0.15) is 5.75 Å². The molecular weight excluding hydrogens is 427 g/mol. The van der Waals surface area contributed by atoms with E-state index in [1.807, 2.05) is 12.1 Å². The number of nitrogens with one attached hydrogen (secondary N) is 1. The maximum Gasteiger partial charge on any atom is 0.188 e. The van der Waals surface area contributed by atoms with Gasteiger partial charge in [-0.25, -0.2) is 0 Å². The van der Waals surface area contributed by atoms with Crippen LogP contribution in [0.25, 0.3) is 0 Å². The number of hydrogen-bond donors (Lipinski definition) is 2. The van der Waals surface area contributed by atoms with Crippen molar-refractivity contribution < 1.29 is 4.74 Å². The largest absolute Gasteiger partial charge is 0.497 e. The molecular formula is C19H33IN4O. The molecule has 1 aromatic rings. The number of likely N-dealkylation sites (tertiary alicyclic amines) is 1. The van der Waals surface area contributed by atoms with Crippen LogP contribution in [0.4, 0.5) is 0 Å². The SMILES string of the molecule is CCN1CCCC1CNC(N)=NCC(C)(C)c1ccc(OC)cc1.I. The Kier molecular flexibility index (Phi) is 8.99. The first-order valence-corrected chi connectivity index (χ1v) is 8.88. The van der Waals surface area contributed by atoms with Crippen LogP contribution in [0.5, 0.6) is 5.75 Å². The Morgan fingerprint density at radius 2 is 2.04 bits per heavy atom. The van der Waals surface area contributed by atoms with Crippen LogP contribution in [0, 0.1) is 0 Å². The maximum absolute atomic E-state index is 6.07. The van der Waals surface area contributed by atoms with Gasteiger partial charge in [0, 0.05) is 18.0 Å². The molecule has 1 atom stereocenters. The summed E-state index contributed by atoms with van der Waals surface area (Å²) in [4.78, 5) is 7.06. The third-order valence-electron chi connectivity index (χ3n) is 4.94. The zero-order valence-corrected chi connectivity index (χ0v) is 18.2. The summed E-state index contributed by atoms with van der Waals surface area (Å²) >= 11 is 0. The first-order chi connectivity index (χ1) is 11.5. The van der Waals surface area contributed by atoms with Gasteiger partial charge in [-0.2, -0.15) is 0 Å². The minimum atomic E-state index is -0.0681. The summed E-state index contributed by atoms with van der Waals surface area (Å²) in [7, 11) is 1.68. The molecule has 0 aromatic heterocycles. The molecule has 0 spiro atoms. The van der Waals surface area contributed by atoms with E-state index in [4.69, 9.17) is 10.5 Å². The van der Waals surface area contributed by atoms with Crippen molar-refractivity contribution in [1.82, 2.24) is 10.2 Å². The van der Waals surface area contributed by atoms with Crippen molar-refractivity contribution in [1.29, 1.82) is 0 Å². The van der Waals surface area contributed by atoms with Crippen LogP contribution < -0.4 is 15.8 Å². The quantitative estimate of drug-likeness (QED) is 0.373. The van der Waals surface area contributed by atoms with Crippen molar-refractivity contribution in [3.63, 3.8) is 0 Å². The van der Waals surface area contributed by atoms with Crippen molar-refractivity contribution in [2.24, 2.45) is 10.7 Å². The molecule has 1 aliphatic heterocycles. The third-order valence-corrected chi connectivity index (χ3v) is 4.94. The highest BCUT2D eigenvalue weighted by Gasteiger charge is 2.23. The normalized spacial score (nSPS) is 18.7. The molecule has 142 valence electrons. The second-order valence-electron chi connectivity index (χ2n) is 7.12. The van der Waals surface area contributed by atoms with Gasteiger partial charge in [-0.05, 0) is 43.6 Å². The summed E-state index contributed by atoms with van der Waals surface area (Å²) in [5.41, 5.74) is 7.23. The number of nitrogens with two attached hydrogens (primary N) is 1. The zero-order chi connectivity index (χ0) is 17.6.